The average Bonchev–Trinajstić information content (AvgIpc) is 2.60. The van der Waals surface area contributed by atoms with Crippen LogP contribution in [0.1, 0.15) is 38.5 Å². The minimum absolute atomic E-state index is 0.0513. The molecule has 0 spiro atoms. The number of carbonyl (C=O) groups is 2. The Bertz CT molecular complexity index is 407. The van der Waals surface area contributed by atoms with Crippen molar-refractivity contribution in [3.05, 3.63) is 0 Å². The Labute approximate surface area is 149 Å². The monoisotopic (exact) mass is 356 g/mol. The highest BCUT2D eigenvalue weighted by molar-refractivity contribution is 7.98. The third-order valence-corrected chi connectivity index (χ3v) is 5.62. The van der Waals surface area contributed by atoms with E-state index in [1.54, 1.807) is 11.8 Å². The smallest absolute Gasteiger partial charge is 0.239 e. The number of amides is 2. The van der Waals surface area contributed by atoms with Gasteiger partial charge in [-0.05, 0) is 31.3 Å². The van der Waals surface area contributed by atoms with Crippen molar-refractivity contribution in [3.8, 4) is 0 Å². The first-order chi connectivity index (χ1) is 11.6. The Morgan fingerprint density at radius 1 is 1.17 bits per heavy atom. The van der Waals surface area contributed by atoms with Gasteiger partial charge >= 0.3 is 0 Å². The molecule has 1 atom stereocenters. The molecule has 2 amide bonds. The van der Waals surface area contributed by atoms with Crippen LogP contribution in [0.2, 0.25) is 0 Å². The number of rotatable bonds is 7. The van der Waals surface area contributed by atoms with Gasteiger partial charge in [0.1, 0.15) is 0 Å². The Balaban J connectivity index is 1.66. The van der Waals surface area contributed by atoms with Crippen LogP contribution in [-0.4, -0.2) is 78.4 Å². The lowest BCUT2D eigenvalue weighted by Crippen LogP contribution is -2.55. The third kappa shape index (κ3) is 6.26. The van der Waals surface area contributed by atoms with Gasteiger partial charge in [0.25, 0.3) is 0 Å². The van der Waals surface area contributed by atoms with Crippen LogP contribution in [0, 0.1) is 0 Å². The molecule has 24 heavy (non-hydrogen) atoms. The molecule has 6 nitrogen and oxygen atoms in total. The van der Waals surface area contributed by atoms with Crippen LogP contribution >= 0.6 is 11.8 Å². The van der Waals surface area contributed by atoms with E-state index in [0.717, 1.165) is 38.1 Å². The zero-order chi connectivity index (χ0) is 17.4. The van der Waals surface area contributed by atoms with Gasteiger partial charge in [-0.3, -0.25) is 14.5 Å². The zero-order valence-corrected chi connectivity index (χ0v) is 15.7. The number of nitrogens with two attached hydrogens (primary N) is 1. The van der Waals surface area contributed by atoms with Crippen LogP contribution in [0.25, 0.3) is 0 Å². The van der Waals surface area contributed by atoms with Crippen LogP contribution in [0.5, 0.6) is 0 Å². The van der Waals surface area contributed by atoms with Gasteiger partial charge in [0.05, 0.1) is 12.6 Å². The molecule has 2 rings (SSSR count). The van der Waals surface area contributed by atoms with E-state index in [1.807, 2.05) is 11.2 Å². The number of hydrogen-bond acceptors (Lipinski definition) is 5. The molecule has 2 fully saturated rings. The summed E-state index contributed by atoms with van der Waals surface area (Å²) in [5, 5.41) is 3.16. The number of nitrogens with zero attached hydrogens (tertiary/aromatic N) is 2. The molecule has 0 aromatic heterocycles. The topological polar surface area (TPSA) is 78.7 Å². The summed E-state index contributed by atoms with van der Waals surface area (Å²) in [5.74, 6) is 1.09. The van der Waals surface area contributed by atoms with Crippen LogP contribution in [0.3, 0.4) is 0 Å². The molecule has 138 valence electrons. The van der Waals surface area contributed by atoms with Crippen molar-refractivity contribution in [2.75, 3.05) is 44.7 Å². The summed E-state index contributed by atoms with van der Waals surface area (Å²) in [5.41, 5.74) is 5.97. The second kappa shape index (κ2) is 10.3. The fourth-order valence-corrected chi connectivity index (χ4v) is 3.94. The van der Waals surface area contributed by atoms with E-state index >= 15 is 0 Å². The number of piperazine rings is 1. The molecule has 0 bridgehead atoms. The molecule has 1 saturated heterocycles. The van der Waals surface area contributed by atoms with Gasteiger partial charge in [-0.15, -0.1) is 0 Å². The largest absolute Gasteiger partial charge is 0.352 e. The molecule has 1 saturated carbocycles. The van der Waals surface area contributed by atoms with E-state index in [1.165, 1.54) is 19.3 Å². The Morgan fingerprint density at radius 3 is 2.46 bits per heavy atom. The maximum Gasteiger partial charge on any atom is 0.239 e. The van der Waals surface area contributed by atoms with Gasteiger partial charge in [0.15, 0.2) is 0 Å². The lowest BCUT2D eigenvalue weighted by molar-refractivity contribution is -0.134. The van der Waals surface area contributed by atoms with Gasteiger partial charge in [-0.1, -0.05) is 19.3 Å². The summed E-state index contributed by atoms with van der Waals surface area (Å²) in [6.07, 6.45) is 8.72. The van der Waals surface area contributed by atoms with Crippen molar-refractivity contribution in [2.24, 2.45) is 5.73 Å². The number of hydrogen-bond donors (Lipinski definition) is 2. The van der Waals surface area contributed by atoms with Crippen molar-refractivity contribution >= 4 is 23.6 Å². The van der Waals surface area contributed by atoms with Gasteiger partial charge < -0.3 is 16.0 Å². The zero-order valence-electron chi connectivity index (χ0n) is 14.8. The molecule has 0 aromatic rings. The van der Waals surface area contributed by atoms with Crippen LogP contribution in [0.15, 0.2) is 0 Å². The van der Waals surface area contributed by atoms with Crippen molar-refractivity contribution in [1.29, 1.82) is 0 Å². The summed E-state index contributed by atoms with van der Waals surface area (Å²) >= 11 is 1.71. The predicted molar refractivity (Wildman–Crippen MR) is 99.0 cm³/mol. The number of nitrogens with one attached hydrogen (secondary N) is 1. The molecule has 1 aliphatic carbocycles. The molecule has 1 aliphatic heterocycles. The second-order valence-corrected chi connectivity index (χ2v) is 7.88. The van der Waals surface area contributed by atoms with E-state index in [9.17, 15) is 9.59 Å². The molecule has 1 heterocycles. The van der Waals surface area contributed by atoms with Crippen molar-refractivity contribution < 1.29 is 9.59 Å². The Hall–Kier alpha value is -0.790. The minimum Gasteiger partial charge on any atom is -0.352 e. The van der Waals surface area contributed by atoms with Crippen LogP contribution < -0.4 is 11.1 Å². The number of carbonyl (C=O) groups excluding carboxylic acids is 2. The minimum atomic E-state index is -0.390. The summed E-state index contributed by atoms with van der Waals surface area (Å²) in [7, 11) is 0. The van der Waals surface area contributed by atoms with E-state index in [-0.39, 0.29) is 11.8 Å². The van der Waals surface area contributed by atoms with Crippen LogP contribution in [0.4, 0.5) is 0 Å². The predicted octanol–water partition coefficient (Wildman–Crippen LogP) is 0.660. The van der Waals surface area contributed by atoms with E-state index < -0.39 is 6.04 Å². The van der Waals surface area contributed by atoms with E-state index in [4.69, 9.17) is 5.73 Å². The van der Waals surface area contributed by atoms with Crippen molar-refractivity contribution in [3.63, 3.8) is 0 Å². The fraction of sp³-hybridized carbons (Fsp3) is 0.882. The van der Waals surface area contributed by atoms with Gasteiger partial charge in [0, 0.05) is 32.2 Å². The maximum atomic E-state index is 12.3. The first kappa shape index (κ1) is 19.5. The highest BCUT2D eigenvalue weighted by Crippen LogP contribution is 2.17. The second-order valence-electron chi connectivity index (χ2n) is 6.89. The normalized spacial score (nSPS) is 21.5. The standard InChI is InChI=1S/C17H32N4O2S/c1-24-12-7-15(18)17(23)21-10-8-20(9-11-21)13-16(22)19-14-5-3-2-4-6-14/h14-15H,2-13,18H2,1H3,(H,19,22)/t15-/m0/s1. The Morgan fingerprint density at radius 2 is 1.83 bits per heavy atom. The quantitative estimate of drug-likeness (QED) is 0.701. The number of thioether (sulfide) groups is 1. The summed E-state index contributed by atoms with van der Waals surface area (Å²) in [6, 6.07) is -0.0258. The van der Waals surface area contributed by atoms with Gasteiger partial charge in [-0.25, -0.2) is 0 Å². The first-order valence-electron chi connectivity index (χ1n) is 9.15. The SMILES string of the molecule is CSCC[C@H](N)C(=O)N1CCN(CC(=O)NC2CCCCC2)CC1. The highest BCUT2D eigenvalue weighted by atomic mass is 32.2. The van der Waals surface area contributed by atoms with Crippen LogP contribution in [-0.2, 0) is 9.59 Å². The van der Waals surface area contributed by atoms with E-state index in [2.05, 4.69) is 10.2 Å². The molecule has 0 unspecified atom stereocenters. The van der Waals surface area contributed by atoms with E-state index in [0.29, 0.717) is 25.7 Å². The lowest BCUT2D eigenvalue weighted by Gasteiger charge is -2.35. The maximum absolute atomic E-state index is 12.3. The van der Waals surface area contributed by atoms with Crippen molar-refractivity contribution in [1.82, 2.24) is 15.1 Å². The summed E-state index contributed by atoms with van der Waals surface area (Å²) in [6.45, 7) is 3.28. The molecule has 3 N–H and O–H groups in total. The average molecular weight is 357 g/mol. The molecule has 0 aromatic carbocycles. The van der Waals surface area contributed by atoms with Gasteiger partial charge in [0.2, 0.25) is 11.8 Å². The Kier molecular flexibility index (Phi) is 8.35. The highest BCUT2D eigenvalue weighted by Gasteiger charge is 2.26. The first-order valence-corrected chi connectivity index (χ1v) is 10.5. The van der Waals surface area contributed by atoms with Gasteiger partial charge in [-0.2, -0.15) is 11.8 Å². The molecular formula is C17H32N4O2S. The fourth-order valence-electron chi connectivity index (χ4n) is 3.45. The molecule has 7 heteroatoms. The molecular weight excluding hydrogens is 324 g/mol. The summed E-state index contributed by atoms with van der Waals surface area (Å²) < 4.78 is 0. The summed E-state index contributed by atoms with van der Waals surface area (Å²) in [4.78, 5) is 28.4. The lowest BCUT2D eigenvalue weighted by atomic mass is 9.95. The third-order valence-electron chi connectivity index (χ3n) is 4.97. The van der Waals surface area contributed by atoms with Crippen molar-refractivity contribution in [2.45, 2.75) is 50.6 Å². The molecule has 0 radical (unpaired) electrons. The molecule has 2 aliphatic rings.